The smallest absolute Gasteiger partial charge is 0.130 e. The van der Waals surface area contributed by atoms with Crippen molar-refractivity contribution in [3.63, 3.8) is 0 Å². The summed E-state index contributed by atoms with van der Waals surface area (Å²) in [6.45, 7) is 7.49. The first kappa shape index (κ1) is 16.0. The molecular formula is C16H22BrN3O. The van der Waals surface area contributed by atoms with Crippen molar-refractivity contribution in [3.8, 4) is 5.75 Å². The molecule has 0 fully saturated rings. The zero-order valence-electron chi connectivity index (χ0n) is 12.8. The molecule has 1 aromatic heterocycles. The summed E-state index contributed by atoms with van der Waals surface area (Å²) in [6, 6.07) is 7.99. The van der Waals surface area contributed by atoms with Crippen LogP contribution < -0.4 is 10.5 Å². The van der Waals surface area contributed by atoms with Crippen molar-refractivity contribution in [2.45, 2.75) is 46.4 Å². The minimum atomic E-state index is -0.0598. The molecule has 0 spiro atoms. The van der Waals surface area contributed by atoms with Crippen molar-refractivity contribution < 1.29 is 4.74 Å². The molecule has 0 aliphatic heterocycles. The van der Waals surface area contributed by atoms with Crippen LogP contribution in [0.1, 0.15) is 43.8 Å². The highest BCUT2D eigenvalue weighted by molar-refractivity contribution is 9.10. The van der Waals surface area contributed by atoms with Crippen LogP contribution >= 0.6 is 15.9 Å². The fourth-order valence-electron chi connectivity index (χ4n) is 2.24. The number of hydrogen-bond donors (Lipinski definition) is 1. The Bertz CT molecular complexity index is 608. The molecule has 1 atom stereocenters. The third-order valence-electron chi connectivity index (χ3n) is 3.42. The van der Waals surface area contributed by atoms with E-state index in [4.69, 9.17) is 10.5 Å². The topological polar surface area (TPSA) is 53.1 Å². The summed E-state index contributed by atoms with van der Waals surface area (Å²) in [5, 5.41) is 4.54. The quantitative estimate of drug-likeness (QED) is 0.860. The summed E-state index contributed by atoms with van der Waals surface area (Å²) in [7, 11) is 0. The zero-order valence-corrected chi connectivity index (χ0v) is 14.4. The number of benzene rings is 1. The maximum Gasteiger partial charge on any atom is 0.130 e. The average molecular weight is 352 g/mol. The highest BCUT2D eigenvalue weighted by Gasteiger charge is 2.11. The van der Waals surface area contributed by atoms with Crippen molar-refractivity contribution in [1.29, 1.82) is 0 Å². The maximum atomic E-state index is 6.00. The van der Waals surface area contributed by atoms with E-state index >= 15 is 0 Å². The molecule has 0 aliphatic carbocycles. The predicted molar refractivity (Wildman–Crippen MR) is 88.4 cm³/mol. The lowest BCUT2D eigenvalue weighted by Gasteiger charge is -2.14. The molecule has 1 aromatic carbocycles. The Hall–Kier alpha value is -1.33. The lowest BCUT2D eigenvalue weighted by Crippen LogP contribution is -2.10. The minimum Gasteiger partial charge on any atom is -0.487 e. The van der Waals surface area contributed by atoms with E-state index in [-0.39, 0.29) is 6.04 Å². The second kappa shape index (κ2) is 7.09. The molecule has 4 nitrogen and oxygen atoms in total. The van der Waals surface area contributed by atoms with Crippen LogP contribution in [0.2, 0.25) is 0 Å². The molecule has 0 amide bonds. The van der Waals surface area contributed by atoms with Gasteiger partial charge in [-0.05, 0) is 38.5 Å². The predicted octanol–water partition coefficient (Wildman–Crippen LogP) is 3.83. The number of halogens is 1. The van der Waals surface area contributed by atoms with Crippen LogP contribution in [0.4, 0.5) is 0 Å². The first-order valence-corrected chi connectivity index (χ1v) is 8.07. The molecule has 1 heterocycles. The van der Waals surface area contributed by atoms with Gasteiger partial charge in [0, 0.05) is 22.6 Å². The minimum absolute atomic E-state index is 0.0598. The molecule has 2 rings (SSSR count). The van der Waals surface area contributed by atoms with Crippen molar-refractivity contribution >= 4 is 15.9 Å². The maximum absolute atomic E-state index is 6.00. The van der Waals surface area contributed by atoms with Crippen molar-refractivity contribution in [2.75, 3.05) is 0 Å². The lowest BCUT2D eigenvalue weighted by molar-refractivity contribution is 0.288. The summed E-state index contributed by atoms with van der Waals surface area (Å²) in [4.78, 5) is 0. The molecule has 0 aliphatic rings. The standard InChI is InChI=1S/C16H22BrN3O/c1-4-13-9-14(20(5-2)19-13)10-21-16-8-12(17)6-7-15(16)11(3)18/h6-9,11H,4-5,10,18H2,1-3H3/t11-/m0/s1. The molecule has 0 bridgehead atoms. The molecule has 0 radical (unpaired) electrons. The van der Waals surface area contributed by atoms with Crippen molar-refractivity contribution in [2.24, 2.45) is 5.73 Å². The van der Waals surface area contributed by atoms with Crippen LogP contribution in [0, 0.1) is 0 Å². The summed E-state index contributed by atoms with van der Waals surface area (Å²) >= 11 is 3.48. The number of hydrogen-bond acceptors (Lipinski definition) is 3. The largest absolute Gasteiger partial charge is 0.487 e. The third kappa shape index (κ3) is 3.86. The van der Waals surface area contributed by atoms with E-state index in [0.29, 0.717) is 6.61 Å². The highest BCUT2D eigenvalue weighted by atomic mass is 79.9. The van der Waals surface area contributed by atoms with Gasteiger partial charge in [0.1, 0.15) is 12.4 Å². The van der Waals surface area contributed by atoms with Crippen molar-refractivity contribution in [1.82, 2.24) is 9.78 Å². The van der Waals surface area contributed by atoms with Crippen LogP contribution in [0.25, 0.3) is 0 Å². The molecule has 0 saturated carbocycles. The Balaban J connectivity index is 2.19. The van der Waals surface area contributed by atoms with Gasteiger partial charge in [0.15, 0.2) is 0 Å². The van der Waals surface area contributed by atoms with Gasteiger partial charge in [-0.2, -0.15) is 5.10 Å². The number of nitrogens with two attached hydrogens (primary N) is 1. The Morgan fingerprint density at radius 1 is 1.33 bits per heavy atom. The molecule has 2 N–H and O–H groups in total. The lowest BCUT2D eigenvalue weighted by atomic mass is 10.1. The monoisotopic (exact) mass is 351 g/mol. The van der Waals surface area contributed by atoms with Gasteiger partial charge < -0.3 is 10.5 Å². The summed E-state index contributed by atoms with van der Waals surface area (Å²) in [6.07, 6.45) is 0.933. The van der Waals surface area contributed by atoms with E-state index < -0.39 is 0 Å². The van der Waals surface area contributed by atoms with Gasteiger partial charge >= 0.3 is 0 Å². The van der Waals surface area contributed by atoms with Gasteiger partial charge in [0.05, 0.1) is 11.4 Å². The van der Waals surface area contributed by atoms with Gasteiger partial charge in [-0.25, -0.2) is 0 Å². The van der Waals surface area contributed by atoms with Gasteiger partial charge in [-0.1, -0.05) is 28.9 Å². The number of ether oxygens (including phenoxy) is 1. The van der Waals surface area contributed by atoms with Crippen LogP contribution in [0.15, 0.2) is 28.7 Å². The fourth-order valence-corrected chi connectivity index (χ4v) is 2.58. The van der Waals surface area contributed by atoms with Gasteiger partial charge in [0.25, 0.3) is 0 Å². The average Bonchev–Trinajstić information content (AvgIpc) is 2.87. The van der Waals surface area contributed by atoms with Gasteiger partial charge in [0.2, 0.25) is 0 Å². The van der Waals surface area contributed by atoms with Crippen LogP contribution in [0.3, 0.4) is 0 Å². The van der Waals surface area contributed by atoms with E-state index in [2.05, 4.69) is 40.9 Å². The van der Waals surface area contributed by atoms with E-state index in [1.165, 1.54) is 0 Å². The Kier molecular flexibility index (Phi) is 5.42. The summed E-state index contributed by atoms with van der Waals surface area (Å²) in [5.41, 5.74) is 9.20. The van der Waals surface area contributed by atoms with Crippen LogP contribution in [-0.4, -0.2) is 9.78 Å². The van der Waals surface area contributed by atoms with Gasteiger partial charge in [-0.15, -0.1) is 0 Å². The molecule has 0 unspecified atom stereocenters. The Labute approximate surface area is 134 Å². The van der Waals surface area contributed by atoms with E-state index in [0.717, 1.165) is 40.1 Å². The third-order valence-corrected chi connectivity index (χ3v) is 3.91. The van der Waals surface area contributed by atoms with Gasteiger partial charge in [-0.3, -0.25) is 4.68 Å². The van der Waals surface area contributed by atoms with Crippen LogP contribution in [-0.2, 0) is 19.6 Å². The highest BCUT2D eigenvalue weighted by Crippen LogP contribution is 2.28. The number of aryl methyl sites for hydroxylation is 2. The summed E-state index contributed by atoms with van der Waals surface area (Å²) < 4.78 is 8.97. The summed E-state index contributed by atoms with van der Waals surface area (Å²) in [5.74, 6) is 0.821. The molecule has 5 heteroatoms. The first-order chi connectivity index (χ1) is 10.0. The number of rotatable bonds is 6. The number of aromatic nitrogens is 2. The Morgan fingerprint density at radius 2 is 2.10 bits per heavy atom. The zero-order chi connectivity index (χ0) is 15.4. The second-order valence-electron chi connectivity index (χ2n) is 5.06. The van der Waals surface area contributed by atoms with E-state index in [1.54, 1.807) is 0 Å². The fraction of sp³-hybridized carbons (Fsp3) is 0.438. The molecular weight excluding hydrogens is 330 g/mol. The normalized spacial score (nSPS) is 12.4. The molecule has 2 aromatic rings. The second-order valence-corrected chi connectivity index (χ2v) is 5.97. The van der Waals surface area contributed by atoms with Crippen LogP contribution in [0.5, 0.6) is 5.75 Å². The Morgan fingerprint density at radius 3 is 2.71 bits per heavy atom. The van der Waals surface area contributed by atoms with E-state index in [9.17, 15) is 0 Å². The van der Waals surface area contributed by atoms with Crippen molar-refractivity contribution in [3.05, 3.63) is 45.7 Å². The number of nitrogens with zero attached hydrogens (tertiary/aromatic N) is 2. The first-order valence-electron chi connectivity index (χ1n) is 7.28. The molecule has 21 heavy (non-hydrogen) atoms. The SMILES string of the molecule is CCc1cc(COc2cc(Br)ccc2[C@H](C)N)n(CC)n1. The van der Waals surface area contributed by atoms with E-state index in [1.807, 2.05) is 29.8 Å². The molecule has 114 valence electrons. The molecule has 0 saturated heterocycles.